The summed E-state index contributed by atoms with van der Waals surface area (Å²) in [6, 6.07) is 8.11. The lowest BCUT2D eigenvalue weighted by molar-refractivity contribution is -0.139. The Morgan fingerprint density at radius 3 is 2.26 bits per heavy atom. The number of anilines is 1. The molecular formula is C22H24BrClF3N3O4S. The predicted molar refractivity (Wildman–Crippen MR) is 131 cm³/mol. The van der Waals surface area contributed by atoms with Crippen LogP contribution in [-0.2, 0) is 32.3 Å². The predicted octanol–water partition coefficient (Wildman–Crippen LogP) is 4.44. The lowest BCUT2D eigenvalue weighted by Crippen LogP contribution is -2.51. The van der Waals surface area contributed by atoms with Gasteiger partial charge in [-0.15, -0.1) is 0 Å². The van der Waals surface area contributed by atoms with E-state index in [2.05, 4.69) is 21.2 Å². The molecule has 13 heteroatoms. The molecule has 2 aromatic carbocycles. The van der Waals surface area contributed by atoms with Gasteiger partial charge in [-0.05, 0) is 49.7 Å². The summed E-state index contributed by atoms with van der Waals surface area (Å²) in [5, 5.41) is 2.32. The van der Waals surface area contributed by atoms with Gasteiger partial charge in [-0.25, -0.2) is 8.42 Å². The number of rotatable bonds is 9. The second-order valence-corrected chi connectivity index (χ2v) is 10.9. The second-order valence-electron chi connectivity index (χ2n) is 7.65. The number of benzene rings is 2. The van der Waals surface area contributed by atoms with Crippen molar-refractivity contribution < 1.29 is 31.2 Å². The molecule has 1 N–H and O–H groups in total. The van der Waals surface area contributed by atoms with E-state index in [9.17, 15) is 31.2 Å². The summed E-state index contributed by atoms with van der Waals surface area (Å²) >= 11 is 9.35. The molecular weight excluding hydrogens is 575 g/mol. The van der Waals surface area contributed by atoms with E-state index in [0.29, 0.717) is 28.5 Å². The summed E-state index contributed by atoms with van der Waals surface area (Å²) in [5.74, 6) is -1.27. The van der Waals surface area contributed by atoms with Gasteiger partial charge >= 0.3 is 6.18 Å². The minimum atomic E-state index is -4.76. The van der Waals surface area contributed by atoms with Gasteiger partial charge in [0.15, 0.2) is 0 Å². The molecule has 0 saturated carbocycles. The van der Waals surface area contributed by atoms with Crippen LogP contribution in [0.5, 0.6) is 0 Å². The smallest absolute Gasteiger partial charge is 0.355 e. The van der Waals surface area contributed by atoms with Crippen molar-refractivity contribution in [3.8, 4) is 0 Å². The maximum atomic E-state index is 13.4. The molecule has 2 aromatic rings. The molecule has 0 aromatic heterocycles. The number of carbonyl (C=O) groups is 2. The summed E-state index contributed by atoms with van der Waals surface area (Å²) in [6.45, 7) is 2.58. The third kappa shape index (κ3) is 7.84. The van der Waals surface area contributed by atoms with Gasteiger partial charge in [-0.2, -0.15) is 13.2 Å². The molecule has 0 heterocycles. The molecule has 0 radical (unpaired) electrons. The standard InChI is InChI=1S/C22H24BrClF3N3O4S/c1-4-28-21(32)14(2)29(12-15-5-8-17(23)9-6-15)20(31)13-30(35(3,33)34)19-11-16(22(25,26)27)7-10-18(19)24/h5-11,14H,4,12-13H2,1-3H3,(H,28,32)/t14-/m1/s1. The Kier molecular flexibility index (Phi) is 9.60. The summed E-state index contributed by atoms with van der Waals surface area (Å²) in [6.07, 6.45) is -4.00. The van der Waals surface area contributed by atoms with E-state index < -0.39 is 51.9 Å². The third-order valence-corrected chi connectivity index (χ3v) is 6.98. The number of alkyl halides is 3. The van der Waals surface area contributed by atoms with Crippen LogP contribution in [0.15, 0.2) is 46.9 Å². The van der Waals surface area contributed by atoms with Gasteiger partial charge in [0.1, 0.15) is 12.6 Å². The Morgan fingerprint density at radius 2 is 1.74 bits per heavy atom. The van der Waals surface area contributed by atoms with E-state index in [1.165, 1.54) is 6.92 Å². The highest BCUT2D eigenvalue weighted by molar-refractivity contribution is 9.10. The van der Waals surface area contributed by atoms with E-state index >= 15 is 0 Å². The fourth-order valence-corrected chi connectivity index (χ4v) is 4.55. The van der Waals surface area contributed by atoms with Crippen molar-refractivity contribution >= 4 is 55.1 Å². The maximum absolute atomic E-state index is 13.4. The zero-order valence-corrected chi connectivity index (χ0v) is 22.2. The van der Waals surface area contributed by atoms with Gasteiger partial charge < -0.3 is 10.2 Å². The molecule has 192 valence electrons. The van der Waals surface area contributed by atoms with Crippen molar-refractivity contribution in [2.45, 2.75) is 32.6 Å². The Balaban J connectivity index is 2.48. The van der Waals surface area contributed by atoms with Gasteiger partial charge in [-0.3, -0.25) is 13.9 Å². The molecule has 0 aliphatic rings. The fraction of sp³-hybridized carbons (Fsp3) is 0.364. The molecule has 0 aliphatic carbocycles. The Morgan fingerprint density at radius 1 is 1.14 bits per heavy atom. The van der Waals surface area contributed by atoms with Crippen LogP contribution in [-0.4, -0.2) is 50.5 Å². The first-order chi connectivity index (χ1) is 16.1. The summed E-state index contributed by atoms with van der Waals surface area (Å²) in [5.41, 5.74) is -0.965. The summed E-state index contributed by atoms with van der Waals surface area (Å²) < 4.78 is 66.1. The van der Waals surface area contributed by atoms with E-state index in [0.717, 1.165) is 21.7 Å². The fourth-order valence-electron chi connectivity index (χ4n) is 3.17. The van der Waals surface area contributed by atoms with Gasteiger partial charge in [0.25, 0.3) is 0 Å². The van der Waals surface area contributed by atoms with Crippen molar-refractivity contribution in [2.24, 2.45) is 0 Å². The second kappa shape index (κ2) is 11.6. The van der Waals surface area contributed by atoms with Crippen molar-refractivity contribution in [3.05, 3.63) is 63.1 Å². The van der Waals surface area contributed by atoms with Gasteiger partial charge in [0.2, 0.25) is 21.8 Å². The molecule has 2 rings (SSSR count). The largest absolute Gasteiger partial charge is 0.416 e. The average Bonchev–Trinajstić information content (AvgIpc) is 2.75. The highest BCUT2D eigenvalue weighted by atomic mass is 79.9. The highest BCUT2D eigenvalue weighted by Gasteiger charge is 2.34. The molecule has 2 amide bonds. The SMILES string of the molecule is CCNC(=O)[C@@H](C)N(Cc1ccc(Br)cc1)C(=O)CN(c1cc(C(F)(F)F)ccc1Cl)S(C)(=O)=O. The van der Waals surface area contributed by atoms with Crippen molar-refractivity contribution in [3.63, 3.8) is 0 Å². The zero-order valence-electron chi connectivity index (χ0n) is 19.1. The minimum absolute atomic E-state index is 0.0433. The number of sulfonamides is 1. The van der Waals surface area contributed by atoms with Crippen LogP contribution >= 0.6 is 27.5 Å². The van der Waals surface area contributed by atoms with Crippen LogP contribution in [0.25, 0.3) is 0 Å². The monoisotopic (exact) mass is 597 g/mol. The number of carbonyl (C=O) groups excluding carboxylic acids is 2. The normalized spacial score (nSPS) is 12.7. The topological polar surface area (TPSA) is 86.8 Å². The number of hydrogen-bond acceptors (Lipinski definition) is 4. The van der Waals surface area contributed by atoms with Gasteiger partial charge in [-0.1, -0.05) is 39.7 Å². The molecule has 0 saturated heterocycles. The van der Waals surface area contributed by atoms with E-state index in [1.54, 1.807) is 31.2 Å². The van der Waals surface area contributed by atoms with Gasteiger partial charge in [0.05, 0.1) is 22.5 Å². The van der Waals surface area contributed by atoms with Crippen LogP contribution < -0.4 is 9.62 Å². The number of nitrogens with zero attached hydrogens (tertiary/aromatic N) is 2. The van der Waals surface area contributed by atoms with Crippen molar-refractivity contribution in [1.82, 2.24) is 10.2 Å². The zero-order chi connectivity index (χ0) is 26.6. The number of amides is 2. The lowest BCUT2D eigenvalue weighted by Gasteiger charge is -2.31. The Bertz CT molecular complexity index is 1180. The number of halogens is 5. The van der Waals surface area contributed by atoms with Gasteiger partial charge in [0, 0.05) is 17.6 Å². The molecule has 7 nitrogen and oxygen atoms in total. The van der Waals surface area contributed by atoms with Crippen LogP contribution in [0.4, 0.5) is 18.9 Å². The summed E-state index contributed by atoms with van der Waals surface area (Å²) in [7, 11) is -4.24. The average molecular weight is 599 g/mol. The first kappa shape index (κ1) is 28.9. The first-order valence-electron chi connectivity index (χ1n) is 10.3. The Hall–Kier alpha value is -2.31. The third-order valence-electron chi connectivity index (χ3n) is 5.01. The number of nitrogens with one attached hydrogen (secondary N) is 1. The van der Waals surface area contributed by atoms with Crippen molar-refractivity contribution in [1.29, 1.82) is 0 Å². The molecule has 0 spiro atoms. The maximum Gasteiger partial charge on any atom is 0.416 e. The quantitative estimate of drug-likeness (QED) is 0.463. The molecule has 1 atom stereocenters. The van der Waals surface area contributed by atoms with Crippen LogP contribution in [0.3, 0.4) is 0 Å². The minimum Gasteiger partial charge on any atom is -0.355 e. The van der Waals surface area contributed by atoms with E-state index in [4.69, 9.17) is 11.6 Å². The first-order valence-corrected chi connectivity index (χ1v) is 13.3. The van der Waals surface area contributed by atoms with Crippen LogP contribution in [0.1, 0.15) is 25.0 Å². The van der Waals surface area contributed by atoms with E-state index in [1.807, 2.05) is 0 Å². The molecule has 0 aliphatic heterocycles. The Labute approximate surface area is 215 Å². The molecule has 0 fully saturated rings. The summed E-state index contributed by atoms with van der Waals surface area (Å²) in [4.78, 5) is 27.0. The van der Waals surface area contributed by atoms with Crippen LogP contribution in [0, 0.1) is 0 Å². The lowest BCUT2D eigenvalue weighted by atomic mass is 10.1. The van der Waals surface area contributed by atoms with Crippen LogP contribution in [0.2, 0.25) is 5.02 Å². The number of likely N-dealkylation sites (N-methyl/N-ethyl adjacent to an activating group) is 1. The number of hydrogen-bond donors (Lipinski definition) is 1. The van der Waals surface area contributed by atoms with Crippen molar-refractivity contribution in [2.75, 3.05) is 23.7 Å². The molecule has 0 unspecified atom stereocenters. The molecule has 0 bridgehead atoms. The van der Waals surface area contributed by atoms with E-state index in [-0.39, 0.29) is 11.6 Å². The highest BCUT2D eigenvalue weighted by Crippen LogP contribution is 2.36. The molecule has 35 heavy (non-hydrogen) atoms.